The first kappa shape index (κ1) is 33.5. The highest BCUT2D eigenvalue weighted by Crippen LogP contribution is 2.43. The Morgan fingerprint density at radius 1 is 0.509 bits per heavy atom. The van der Waals surface area contributed by atoms with E-state index in [1.807, 2.05) is 6.07 Å². The average molecular weight is 749 g/mol. The molecular weight excluding hydrogens is 713 g/mol. The van der Waals surface area contributed by atoms with Crippen molar-refractivity contribution < 1.29 is 4.42 Å². The molecule has 8 aromatic carbocycles. The fourth-order valence-electron chi connectivity index (χ4n) is 8.53. The van der Waals surface area contributed by atoms with Gasteiger partial charge in [-0.1, -0.05) is 158 Å². The number of benzene rings is 8. The van der Waals surface area contributed by atoms with Gasteiger partial charge >= 0.3 is 0 Å². The van der Waals surface area contributed by atoms with Crippen LogP contribution in [-0.4, -0.2) is 9.97 Å². The number of hydrogen-bond donors (Lipinski definition) is 0. The van der Waals surface area contributed by atoms with Crippen LogP contribution in [0.5, 0.6) is 0 Å². The number of furan rings is 1. The highest BCUT2D eigenvalue weighted by molar-refractivity contribution is 7.26. The van der Waals surface area contributed by atoms with Gasteiger partial charge in [-0.2, -0.15) is 0 Å². The van der Waals surface area contributed by atoms with Crippen LogP contribution in [0.2, 0.25) is 0 Å². The van der Waals surface area contributed by atoms with Gasteiger partial charge in [0.2, 0.25) is 0 Å². The van der Waals surface area contributed by atoms with Crippen molar-refractivity contribution in [1.82, 2.24) is 9.97 Å². The van der Waals surface area contributed by atoms with Crippen molar-refractivity contribution in [3.63, 3.8) is 0 Å². The maximum Gasteiger partial charge on any atom is 0.161 e. The Hall–Kier alpha value is -6.88. The second kappa shape index (κ2) is 14.0. The molecule has 0 N–H and O–H groups in total. The molecule has 270 valence electrons. The fourth-order valence-corrected chi connectivity index (χ4v) is 9.69. The van der Waals surface area contributed by atoms with Crippen LogP contribution in [0.3, 0.4) is 0 Å². The van der Waals surface area contributed by atoms with Gasteiger partial charge in [0.25, 0.3) is 0 Å². The maximum absolute atomic E-state index is 6.62. The van der Waals surface area contributed by atoms with Crippen LogP contribution in [0.4, 0.5) is 0 Å². The molecule has 4 heteroatoms. The van der Waals surface area contributed by atoms with Crippen molar-refractivity contribution >= 4 is 64.4 Å². The van der Waals surface area contributed by atoms with E-state index in [-0.39, 0.29) is 5.92 Å². The lowest BCUT2D eigenvalue weighted by Crippen LogP contribution is -2.04. The van der Waals surface area contributed by atoms with Crippen molar-refractivity contribution in [3.05, 3.63) is 205 Å². The second-order valence-corrected chi connectivity index (χ2v) is 15.9. The summed E-state index contributed by atoms with van der Waals surface area (Å²) in [5, 5.41) is 5.79. The minimum absolute atomic E-state index is 0.209. The van der Waals surface area contributed by atoms with E-state index in [9.17, 15) is 0 Å². The van der Waals surface area contributed by atoms with Gasteiger partial charge in [0.15, 0.2) is 5.82 Å². The van der Waals surface area contributed by atoms with Gasteiger partial charge in [-0.3, -0.25) is 0 Å². The third-order valence-electron chi connectivity index (χ3n) is 11.4. The molecule has 11 rings (SSSR count). The van der Waals surface area contributed by atoms with Crippen LogP contribution in [0.25, 0.3) is 86.8 Å². The van der Waals surface area contributed by atoms with E-state index >= 15 is 0 Å². The van der Waals surface area contributed by atoms with E-state index in [4.69, 9.17) is 14.4 Å². The summed E-state index contributed by atoms with van der Waals surface area (Å²) in [6, 6.07) is 67.3. The van der Waals surface area contributed by atoms with E-state index in [1.165, 1.54) is 43.3 Å². The van der Waals surface area contributed by atoms with Crippen LogP contribution >= 0.6 is 11.3 Å². The molecule has 0 spiro atoms. The Labute approximate surface area is 334 Å². The molecule has 11 aromatic rings. The number of nitrogens with zero attached hydrogens (tertiary/aromatic N) is 2. The number of para-hydroxylation sites is 1. The quantitative estimate of drug-likeness (QED) is 0.155. The van der Waals surface area contributed by atoms with Gasteiger partial charge in [0.1, 0.15) is 11.2 Å². The third kappa shape index (κ3) is 6.06. The van der Waals surface area contributed by atoms with Gasteiger partial charge in [-0.25, -0.2) is 9.97 Å². The lowest BCUT2D eigenvalue weighted by atomic mass is 9.85. The summed E-state index contributed by atoms with van der Waals surface area (Å²) in [6.07, 6.45) is 1.77. The molecule has 0 bridgehead atoms. The number of rotatable bonds is 8. The van der Waals surface area contributed by atoms with E-state index in [2.05, 4.69) is 182 Å². The minimum atomic E-state index is 0.209. The Bertz CT molecular complexity index is 3240. The topological polar surface area (TPSA) is 38.9 Å². The number of aromatic nitrogens is 2. The predicted molar refractivity (Wildman–Crippen MR) is 239 cm³/mol. The van der Waals surface area contributed by atoms with Crippen molar-refractivity contribution in [1.29, 1.82) is 0 Å². The first-order chi connectivity index (χ1) is 28.2. The van der Waals surface area contributed by atoms with Crippen LogP contribution in [0.15, 0.2) is 192 Å². The van der Waals surface area contributed by atoms with E-state index in [0.717, 1.165) is 67.2 Å². The molecule has 0 radical (unpaired) electrons. The second-order valence-electron chi connectivity index (χ2n) is 14.8. The predicted octanol–water partition coefficient (Wildman–Crippen LogP) is 14.7. The zero-order valence-electron chi connectivity index (χ0n) is 31.1. The molecule has 3 nitrogen and oxygen atoms in total. The number of aryl methyl sites for hydroxylation is 1. The van der Waals surface area contributed by atoms with E-state index in [0.29, 0.717) is 5.82 Å². The molecule has 0 saturated heterocycles. The monoisotopic (exact) mass is 748 g/mol. The lowest BCUT2D eigenvalue weighted by Gasteiger charge is -2.19. The molecule has 0 fully saturated rings. The van der Waals surface area contributed by atoms with Gasteiger partial charge in [0.05, 0.1) is 15.9 Å². The molecule has 3 aromatic heterocycles. The Kier molecular flexibility index (Phi) is 8.22. The molecule has 3 heterocycles. The molecule has 0 saturated carbocycles. The molecule has 0 aliphatic carbocycles. The Morgan fingerprint density at radius 3 is 2.04 bits per heavy atom. The van der Waals surface area contributed by atoms with Crippen LogP contribution in [0.1, 0.15) is 29.0 Å². The lowest BCUT2D eigenvalue weighted by molar-refractivity contribution is 0.666. The standard InChI is InChI=1S/C53H36N2OS/c1-3-14-37(15-4-1)42(38-27-24-36(25-28-38)41-29-26-35-13-7-8-18-40(35)33-41)30-23-34-31-45(49-43-19-9-11-21-46(43)56-47(49)32-34)53-54-50(39-16-5-2-6-17-39)52-51(55-53)44-20-10-12-22-48(44)57-52/h1-22,24-29,31-33,42H,23,30H2. The van der Waals surface area contributed by atoms with Crippen molar-refractivity contribution in [3.8, 4) is 33.8 Å². The number of fused-ring (bicyclic) bond motifs is 7. The van der Waals surface area contributed by atoms with E-state index in [1.54, 1.807) is 11.3 Å². The normalized spacial score (nSPS) is 12.3. The summed E-state index contributed by atoms with van der Waals surface area (Å²) in [6.45, 7) is 0. The number of thiophene rings is 1. The summed E-state index contributed by atoms with van der Waals surface area (Å²) < 4.78 is 8.93. The first-order valence-corrected chi connectivity index (χ1v) is 20.4. The SMILES string of the molecule is c1ccc(-c2nc(-c3cc(CCC(c4ccccc4)c4ccc(-c5ccc6ccccc6c5)cc4)cc4oc5ccccc5c34)nc3c2sc2ccccc23)cc1. The van der Waals surface area contributed by atoms with Gasteiger partial charge < -0.3 is 4.42 Å². The molecule has 0 aliphatic heterocycles. The zero-order valence-corrected chi connectivity index (χ0v) is 31.9. The van der Waals surface area contributed by atoms with Gasteiger partial charge in [-0.15, -0.1) is 11.3 Å². The average Bonchev–Trinajstić information content (AvgIpc) is 3.85. The number of hydrogen-bond acceptors (Lipinski definition) is 4. The summed E-state index contributed by atoms with van der Waals surface area (Å²) >= 11 is 1.76. The Morgan fingerprint density at radius 2 is 1.19 bits per heavy atom. The maximum atomic E-state index is 6.62. The summed E-state index contributed by atoms with van der Waals surface area (Å²) in [5.74, 6) is 0.924. The van der Waals surface area contributed by atoms with Crippen LogP contribution in [-0.2, 0) is 6.42 Å². The molecule has 1 unspecified atom stereocenters. The smallest absolute Gasteiger partial charge is 0.161 e. The van der Waals surface area contributed by atoms with Crippen molar-refractivity contribution in [2.75, 3.05) is 0 Å². The molecule has 0 amide bonds. The molecular formula is C53H36N2OS. The summed E-state index contributed by atoms with van der Waals surface area (Å²) in [5.41, 5.74) is 12.0. The molecule has 57 heavy (non-hydrogen) atoms. The highest BCUT2D eigenvalue weighted by atomic mass is 32.1. The molecule has 0 aliphatic rings. The van der Waals surface area contributed by atoms with Crippen molar-refractivity contribution in [2.24, 2.45) is 0 Å². The van der Waals surface area contributed by atoms with Crippen LogP contribution in [0, 0.1) is 0 Å². The van der Waals surface area contributed by atoms with Gasteiger partial charge in [0, 0.05) is 37.9 Å². The fraction of sp³-hybridized carbons (Fsp3) is 0.0566. The third-order valence-corrected chi connectivity index (χ3v) is 12.5. The minimum Gasteiger partial charge on any atom is -0.456 e. The summed E-state index contributed by atoms with van der Waals surface area (Å²) in [7, 11) is 0. The van der Waals surface area contributed by atoms with Gasteiger partial charge in [-0.05, 0) is 81.8 Å². The first-order valence-electron chi connectivity index (χ1n) is 19.6. The zero-order chi connectivity index (χ0) is 37.7. The highest BCUT2D eigenvalue weighted by Gasteiger charge is 2.22. The van der Waals surface area contributed by atoms with E-state index < -0.39 is 0 Å². The molecule has 1 atom stereocenters. The Balaban J connectivity index is 1.02. The largest absolute Gasteiger partial charge is 0.456 e. The van der Waals surface area contributed by atoms with Crippen molar-refractivity contribution in [2.45, 2.75) is 18.8 Å². The van der Waals surface area contributed by atoms with Crippen LogP contribution < -0.4 is 0 Å². The summed E-state index contributed by atoms with van der Waals surface area (Å²) in [4.78, 5) is 10.8.